The predicted octanol–water partition coefficient (Wildman–Crippen LogP) is 3.22. The third kappa shape index (κ3) is 2.94. The molecule has 2 aromatic carbocycles. The van der Waals surface area contributed by atoms with Crippen molar-refractivity contribution in [2.75, 3.05) is 13.2 Å². The molecule has 8 nitrogen and oxygen atoms in total. The van der Waals surface area contributed by atoms with Gasteiger partial charge in [-0.25, -0.2) is 4.79 Å². The molecule has 0 fully saturated rings. The Labute approximate surface area is 176 Å². The van der Waals surface area contributed by atoms with Crippen molar-refractivity contribution in [2.45, 2.75) is 26.2 Å². The van der Waals surface area contributed by atoms with Crippen LogP contribution in [0.4, 0.5) is 0 Å². The molecule has 1 aromatic heterocycles. The van der Waals surface area contributed by atoms with Crippen molar-refractivity contribution in [2.24, 2.45) is 0 Å². The standard InChI is InChI=1S/C23H18O8/c1-10-7-16(25)30-22-18(10)21(27)19(11(2)24)23-20(22)13(9-17(26)31-23)12-3-4-14-15(8-12)29-6-5-28-14/h3-4,7-8,13,27H,5-6,9H2,1-2H3. The number of ketones is 1. The summed E-state index contributed by atoms with van der Waals surface area (Å²) < 4.78 is 22.1. The molecule has 0 aliphatic carbocycles. The SMILES string of the molecule is CC(=O)c1c2c(c3oc(=O)cc(C)c3c1O)C(c1ccc3c(c1)OCCO3)CC(=O)O2. The van der Waals surface area contributed by atoms with E-state index in [4.69, 9.17) is 18.6 Å². The van der Waals surface area contributed by atoms with E-state index >= 15 is 0 Å². The van der Waals surface area contributed by atoms with Gasteiger partial charge in [-0.1, -0.05) is 6.07 Å². The second-order valence-electron chi connectivity index (χ2n) is 7.61. The second kappa shape index (κ2) is 6.87. The fourth-order valence-corrected chi connectivity index (χ4v) is 4.30. The van der Waals surface area contributed by atoms with E-state index in [2.05, 4.69) is 0 Å². The van der Waals surface area contributed by atoms with Crippen LogP contribution in [0.25, 0.3) is 11.0 Å². The van der Waals surface area contributed by atoms with Gasteiger partial charge in [0.2, 0.25) is 0 Å². The molecule has 8 heteroatoms. The van der Waals surface area contributed by atoms with Crippen molar-refractivity contribution in [3.63, 3.8) is 0 Å². The zero-order valence-corrected chi connectivity index (χ0v) is 16.8. The van der Waals surface area contributed by atoms with Crippen LogP contribution in [0.1, 0.15) is 46.3 Å². The lowest BCUT2D eigenvalue weighted by Gasteiger charge is -2.28. The summed E-state index contributed by atoms with van der Waals surface area (Å²) in [5, 5.41) is 11.1. The average molecular weight is 422 g/mol. The Morgan fingerprint density at radius 3 is 2.58 bits per heavy atom. The fraction of sp³-hybridized carbons (Fsp3) is 0.261. The van der Waals surface area contributed by atoms with Gasteiger partial charge in [0.25, 0.3) is 0 Å². The molecule has 3 aromatic rings. The van der Waals surface area contributed by atoms with Crippen LogP contribution in [0.15, 0.2) is 33.5 Å². The van der Waals surface area contributed by atoms with Gasteiger partial charge in [-0.3, -0.25) is 9.59 Å². The molecule has 2 aliphatic heterocycles. The molecule has 1 N–H and O–H groups in total. The van der Waals surface area contributed by atoms with Crippen LogP contribution < -0.4 is 19.8 Å². The first-order chi connectivity index (χ1) is 14.8. The van der Waals surface area contributed by atoms with Gasteiger partial charge in [-0.05, 0) is 37.1 Å². The number of phenolic OH excluding ortho intramolecular Hbond substituents is 1. The minimum absolute atomic E-state index is 0.0402. The number of hydrogen-bond donors (Lipinski definition) is 1. The normalized spacial score (nSPS) is 17.2. The molecule has 31 heavy (non-hydrogen) atoms. The van der Waals surface area contributed by atoms with Crippen LogP contribution >= 0.6 is 0 Å². The number of rotatable bonds is 2. The molecular weight excluding hydrogens is 404 g/mol. The topological polar surface area (TPSA) is 112 Å². The third-order valence-corrected chi connectivity index (χ3v) is 5.60. The molecule has 0 saturated heterocycles. The van der Waals surface area contributed by atoms with E-state index in [-0.39, 0.29) is 34.5 Å². The summed E-state index contributed by atoms with van der Waals surface area (Å²) in [4.78, 5) is 37.1. The van der Waals surface area contributed by atoms with Crippen molar-refractivity contribution in [3.8, 4) is 23.0 Å². The van der Waals surface area contributed by atoms with Crippen molar-refractivity contribution in [1.82, 2.24) is 0 Å². The smallest absolute Gasteiger partial charge is 0.336 e. The highest BCUT2D eigenvalue weighted by atomic mass is 16.6. The van der Waals surface area contributed by atoms with Crippen molar-refractivity contribution >= 4 is 22.7 Å². The maximum absolute atomic E-state index is 12.5. The molecule has 158 valence electrons. The first-order valence-electron chi connectivity index (χ1n) is 9.79. The highest BCUT2D eigenvalue weighted by Gasteiger charge is 2.37. The molecule has 0 saturated carbocycles. The van der Waals surface area contributed by atoms with Gasteiger partial charge in [0.15, 0.2) is 23.0 Å². The van der Waals surface area contributed by atoms with Crippen LogP contribution in [-0.4, -0.2) is 30.1 Å². The lowest BCUT2D eigenvalue weighted by Crippen LogP contribution is -2.24. The van der Waals surface area contributed by atoms with Crippen LogP contribution in [0, 0.1) is 6.92 Å². The summed E-state index contributed by atoms with van der Waals surface area (Å²) in [6.45, 7) is 3.76. The number of carbonyl (C=O) groups excluding carboxylic acids is 2. The van der Waals surface area contributed by atoms with Crippen LogP contribution in [0.5, 0.6) is 23.0 Å². The monoisotopic (exact) mass is 422 g/mol. The lowest BCUT2D eigenvalue weighted by molar-refractivity contribution is -0.135. The number of Topliss-reactive ketones (excluding diaryl/α,β-unsaturated/α-hetero) is 1. The quantitative estimate of drug-likeness (QED) is 0.290. The van der Waals surface area contributed by atoms with E-state index in [9.17, 15) is 19.5 Å². The van der Waals surface area contributed by atoms with E-state index in [1.807, 2.05) is 0 Å². The Morgan fingerprint density at radius 2 is 1.84 bits per heavy atom. The number of esters is 1. The van der Waals surface area contributed by atoms with E-state index in [1.54, 1.807) is 25.1 Å². The highest BCUT2D eigenvalue weighted by Crippen LogP contribution is 2.50. The second-order valence-corrected chi connectivity index (χ2v) is 7.61. The first-order valence-corrected chi connectivity index (χ1v) is 9.79. The minimum Gasteiger partial charge on any atom is -0.506 e. The van der Waals surface area contributed by atoms with Gasteiger partial charge in [0, 0.05) is 17.5 Å². The number of carbonyl (C=O) groups is 2. The minimum atomic E-state index is -0.611. The van der Waals surface area contributed by atoms with Crippen LogP contribution in [-0.2, 0) is 4.79 Å². The number of hydrogen-bond acceptors (Lipinski definition) is 8. The summed E-state index contributed by atoms with van der Waals surface area (Å²) in [7, 11) is 0. The zero-order valence-electron chi connectivity index (χ0n) is 16.8. The van der Waals surface area contributed by atoms with Gasteiger partial charge in [0.05, 0.1) is 11.8 Å². The number of ether oxygens (including phenoxy) is 3. The third-order valence-electron chi connectivity index (χ3n) is 5.60. The fourth-order valence-electron chi connectivity index (χ4n) is 4.30. The average Bonchev–Trinajstić information content (AvgIpc) is 2.71. The van der Waals surface area contributed by atoms with E-state index in [0.717, 1.165) is 0 Å². The number of benzene rings is 2. The largest absolute Gasteiger partial charge is 0.506 e. The molecule has 3 heterocycles. The summed E-state index contributed by atoms with van der Waals surface area (Å²) in [6.07, 6.45) is -0.0402. The predicted molar refractivity (Wildman–Crippen MR) is 108 cm³/mol. The molecule has 1 atom stereocenters. The van der Waals surface area contributed by atoms with Crippen molar-refractivity contribution in [1.29, 1.82) is 0 Å². The number of fused-ring (bicyclic) bond motifs is 4. The Kier molecular flexibility index (Phi) is 4.25. The molecule has 0 amide bonds. The van der Waals surface area contributed by atoms with E-state index in [1.165, 1.54) is 13.0 Å². The zero-order chi connectivity index (χ0) is 21.9. The van der Waals surface area contributed by atoms with Crippen molar-refractivity contribution in [3.05, 3.63) is 56.9 Å². The number of aromatic hydroxyl groups is 1. The molecule has 1 unspecified atom stereocenters. The number of aryl methyl sites for hydroxylation is 1. The maximum Gasteiger partial charge on any atom is 0.336 e. The molecule has 0 spiro atoms. The molecular formula is C23H18O8. The molecule has 5 rings (SSSR count). The van der Waals surface area contributed by atoms with Gasteiger partial charge < -0.3 is 23.7 Å². The lowest BCUT2D eigenvalue weighted by atomic mass is 9.82. The van der Waals surface area contributed by atoms with Crippen LogP contribution in [0.3, 0.4) is 0 Å². The summed E-state index contributed by atoms with van der Waals surface area (Å²) in [5.41, 5.74) is 0.889. The van der Waals surface area contributed by atoms with Gasteiger partial charge in [0.1, 0.15) is 30.1 Å². The Hall–Kier alpha value is -3.81. The Bertz CT molecular complexity index is 1330. The molecule has 0 radical (unpaired) electrons. The summed E-state index contributed by atoms with van der Waals surface area (Å²) in [6, 6.07) is 6.55. The van der Waals surface area contributed by atoms with Gasteiger partial charge >= 0.3 is 11.6 Å². The Balaban J connectivity index is 1.86. The molecule has 0 bridgehead atoms. The van der Waals surface area contributed by atoms with E-state index in [0.29, 0.717) is 41.4 Å². The van der Waals surface area contributed by atoms with Crippen molar-refractivity contribution < 1.29 is 33.3 Å². The van der Waals surface area contributed by atoms with Crippen LogP contribution in [0.2, 0.25) is 0 Å². The van der Waals surface area contributed by atoms with Gasteiger partial charge in [-0.2, -0.15) is 0 Å². The Morgan fingerprint density at radius 1 is 1.10 bits per heavy atom. The van der Waals surface area contributed by atoms with E-state index < -0.39 is 23.3 Å². The summed E-state index contributed by atoms with van der Waals surface area (Å²) >= 11 is 0. The number of phenols is 1. The first kappa shape index (κ1) is 19.2. The van der Waals surface area contributed by atoms with Gasteiger partial charge in [-0.15, -0.1) is 0 Å². The highest BCUT2D eigenvalue weighted by molar-refractivity contribution is 6.09. The maximum atomic E-state index is 12.5. The molecule has 2 aliphatic rings. The summed E-state index contributed by atoms with van der Waals surface area (Å²) in [5.74, 6) is -0.952.